The summed E-state index contributed by atoms with van der Waals surface area (Å²) in [7, 11) is -3.83. The third-order valence-corrected chi connectivity index (χ3v) is 5.13. The number of amides is 1. The second-order valence-electron chi connectivity index (χ2n) is 5.35. The molecule has 1 amide bonds. The number of aryl methyl sites for hydroxylation is 1. The average molecular weight is 424 g/mol. The van der Waals surface area contributed by atoms with Crippen LogP contribution in [0.3, 0.4) is 0 Å². The second-order valence-corrected chi connectivity index (χ2v) is 7.94. The number of rotatable bonds is 4. The number of sulfonamides is 1. The van der Waals surface area contributed by atoms with E-state index in [0.717, 1.165) is 0 Å². The Morgan fingerprint density at radius 3 is 2.52 bits per heavy atom. The number of nitrogens with one attached hydrogen (secondary N) is 2. The van der Waals surface area contributed by atoms with E-state index in [4.69, 9.17) is 4.42 Å². The number of benzene rings is 2. The molecule has 0 saturated carbocycles. The lowest BCUT2D eigenvalue weighted by Gasteiger charge is -2.09. The number of carbonyl (C=O) groups excluding carboxylic acids is 1. The van der Waals surface area contributed by atoms with Crippen molar-refractivity contribution in [3.05, 3.63) is 46.8 Å². The molecule has 0 spiro atoms. The molecule has 2 N–H and O–H groups in total. The van der Waals surface area contributed by atoms with Gasteiger partial charge in [-0.3, -0.25) is 9.52 Å². The maximum atomic E-state index is 12.6. The van der Waals surface area contributed by atoms with Crippen LogP contribution in [0.4, 0.5) is 11.4 Å². The van der Waals surface area contributed by atoms with Gasteiger partial charge in [0.2, 0.25) is 5.91 Å². The number of aromatic nitrogens is 1. The van der Waals surface area contributed by atoms with Crippen LogP contribution in [0.25, 0.3) is 11.1 Å². The molecular weight excluding hydrogens is 410 g/mol. The molecule has 0 saturated heterocycles. The molecule has 1 heterocycles. The molecule has 0 bridgehead atoms. The molecule has 0 atom stereocenters. The molecule has 9 heteroatoms. The number of anilines is 2. The summed E-state index contributed by atoms with van der Waals surface area (Å²) in [4.78, 5) is 15.3. The summed E-state index contributed by atoms with van der Waals surface area (Å²) in [6.45, 7) is 3.07. The monoisotopic (exact) mass is 423 g/mol. The van der Waals surface area contributed by atoms with E-state index in [1.807, 2.05) is 0 Å². The van der Waals surface area contributed by atoms with Crippen LogP contribution >= 0.6 is 15.9 Å². The summed E-state index contributed by atoms with van der Waals surface area (Å²) in [5, 5.41) is 2.58. The van der Waals surface area contributed by atoms with E-state index < -0.39 is 10.0 Å². The van der Waals surface area contributed by atoms with Gasteiger partial charge in [-0.15, -0.1) is 0 Å². The van der Waals surface area contributed by atoms with E-state index in [1.165, 1.54) is 31.2 Å². The molecule has 0 aliphatic rings. The van der Waals surface area contributed by atoms with Crippen molar-refractivity contribution in [1.82, 2.24) is 4.98 Å². The maximum Gasteiger partial charge on any atom is 0.262 e. The third kappa shape index (κ3) is 3.83. The first-order valence-corrected chi connectivity index (χ1v) is 9.49. The number of halogens is 1. The minimum absolute atomic E-state index is 0.0611. The van der Waals surface area contributed by atoms with Crippen molar-refractivity contribution in [3.63, 3.8) is 0 Å². The van der Waals surface area contributed by atoms with Crippen molar-refractivity contribution in [2.45, 2.75) is 18.7 Å². The van der Waals surface area contributed by atoms with Crippen molar-refractivity contribution in [1.29, 1.82) is 0 Å². The average Bonchev–Trinajstić information content (AvgIpc) is 2.87. The highest BCUT2D eigenvalue weighted by molar-refractivity contribution is 9.10. The molecule has 0 aliphatic heterocycles. The van der Waals surface area contributed by atoms with Crippen molar-refractivity contribution in [3.8, 4) is 0 Å². The zero-order chi connectivity index (χ0) is 18.2. The van der Waals surface area contributed by atoms with Gasteiger partial charge in [0.1, 0.15) is 5.52 Å². The van der Waals surface area contributed by atoms with Gasteiger partial charge >= 0.3 is 0 Å². The van der Waals surface area contributed by atoms with E-state index in [2.05, 4.69) is 31.0 Å². The first-order valence-electron chi connectivity index (χ1n) is 7.22. The molecule has 1 aromatic heterocycles. The van der Waals surface area contributed by atoms with E-state index in [0.29, 0.717) is 27.2 Å². The largest absolute Gasteiger partial charge is 0.439 e. The van der Waals surface area contributed by atoms with E-state index in [-0.39, 0.29) is 16.5 Å². The summed E-state index contributed by atoms with van der Waals surface area (Å²) in [5.74, 6) is 0.208. The number of oxazole rings is 1. The number of hydrogen-bond acceptors (Lipinski definition) is 5. The van der Waals surface area contributed by atoms with E-state index in [9.17, 15) is 13.2 Å². The summed E-state index contributed by atoms with van der Waals surface area (Å²) < 4.78 is 33.9. The van der Waals surface area contributed by atoms with Gasteiger partial charge < -0.3 is 9.73 Å². The Hall–Kier alpha value is -2.39. The molecule has 3 aromatic rings. The quantitative estimate of drug-likeness (QED) is 0.666. The summed E-state index contributed by atoms with van der Waals surface area (Å²) in [6.07, 6.45) is 0. The van der Waals surface area contributed by atoms with E-state index >= 15 is 0 Å². The highest BCUT2D eigenvalue weighted by Gasteiger charge is 2.18. The van der Waals surface area contributed by atoms with Crippen molar-refractivity contribution in [2.24, 2.45) is 0 Å². The molecular formula is C16H14BrN3O4S. The number of nitrogens with zero attached hydrogens (tertiary/aromatic N) is 1. The Balaban J connectivity index is 1.95. The fraction of sp³-hybridized carbons (Fsp3) is 0.125. The first kappa shape index (κ1) is 17.4. The van der Waals surface area contributed by atoms with Crippen LogP contribution in [0.1, 0.15) is 12.8 Å². The predicted molar refractivity (Wildman–Crippen MR) is 98.0 cm³/mol. The van der Waals surface area contributed by atoms with Gasteiger partial charge in [-0.2, -0.15) is 0 Å². The lowest BCUT2D eigenvalue weighted by Crippen LogP contribution is -2.13. The molecule has 0 radical (unpaired) electrons. The molecule has 0 aliphatic carbocycles. The summed E-state index contributed by atoms with van der Waals surface area (Å²) >= 11 is 3.33. The summed E-state index contributed by atoms with van der Waals surface area (Å²) in [6, 6.07) is 9.21. The van der Waals surface area contributed by atoms with E-state index in [1.54, 1.807) is 19.1 Å². The smallest absolute Gasteiger partial charge is 0.262 e. The van der Waals surface area contributed by atoms with Gasteiger partial charge in [-0.25, -0.2) is 13.4 Å². The van der Waals surface area contributed by atoms with Crippen molar-refractivity contribution in [2.75, 3.05) is 10.0 Å². The Labute approximate surface area is 152 Å². The lowest BCUT2D eigenvalue weighted by molar-refractivity contribution is -0.114. The fourth-order valence-electron chi connectivity index (χ4n) is 2.31. The molecule has 0 unspecified atom stereocenters. The molecule has 7 nitrogen and oxygen atoms in total. The van der Waals surface area contributed by atoms with Gasteiger partial charge in [-0.05, 0) is 36.4 Å². The van der Waals surface area contributed by atoms with Crippen LogP contribution in [-0.2, 0) is 14.8 Å². The van der Waals surface area contributed by atoms with Crippen LogP contribution in [0.2, 0.25) is 0 Å². The van der Waals surface area contributed by atoms with Gasteiger partial charge in [0, 0.05) is 24.0 Å². The van der Waals surface area contributed by atoms with Gasteiger partial charge in [0.25, 0.3) is 10.0 Å². The zero-order valence-corrected chi connectivity index (χ0v) is 15.7. The minimum Gasteiger partial charge on any atom is -0.439 e. The van der Waals surface area contributed by atoms with Gasteiger partial charge in [0.05, 0.1) is 10.6 Å². The molecule has 0 fully saturated rings. The summed E-state index contributed by atoms with van der Waals surface area (Å²) in [5.41, 5.74) is 1.71. The maximum absolute atomic E-state index is 12.6. The van der Waals surface area contributed by atoms with Crippen molar-refractivity contribution >= 4 is 54.3 Å². The predicted octanol–water partition coefficient (Wildman–Crippen LogP) is 3.66. The minimum atomic E-state index is -3.83. The highest BCUT2D eigenvalue weighted by Crippen LogP contribution is 2.30. The molecule has 3 rings (SSSR count). The van der Waals surface area contributed by atoms with Crippen LogP contribution < -0.4 is 10.0 Å². The molecule has 2 aromatic carbocycles. The SMILES string of the molecule is CC(=O)Nc1ccc(S(=O)(=O)Nc2cc(Br)cc3nc(C)oc23)cc1. The fourth-order valence-corrected chi connectivity index (χ4v) is 3.81. The normalized spacial score (nSPS) is 11.5. The third-order valence-electron chi connectivity index (χ3n) is 3.29. The standard InChI is InChI=1S/C16H14BrN3O4S/c1-9(21)18-12-3-5-13(6-4-12)25(22,23)20-15-8-11(17)7-14-16(15)24-10(2)19-14/h3-8,20H,1-2H3,(H,18,21). The molecule has 25 heavy (non-hydrogen) atoms. The van der Waals surface area contributed by atoms with Gasteiger partial charge in [0.15, 0.2) is 11.5 Å². The number of fused-ring (bicyclic) bond motifs is 1. The van der Waals surface area contributed by atoms with Crippen molar-refractivity contribution < 1.29 is 17.6 Å². The second kappa shape index (κ2) is 6.49. The highest BCUT2D eigenvalue weighted by atomic mass is 79.9. The van der Waals surface area contributed by atoms with Crippen LogP contribution in [0.5, 0.6) is 0 Å². The Kier molecular flexibility index (Phi) is 4.53. The first-order chi connectivity index (χ1) is 11.7. The Morgan fingerprint density at radius 2 is 1.88 bits per heavy atom. The topological polar surface area (TPSA) is 101 Å². The number of carbonyl (C=O) groups is 1. The van der Waals surface area contributed by atoms with Gasteiger partial charge in [-0.1, -0.05) is 15.9 Å². The van der Waals surface area contributed by atoms with Crippen LogP contribution in [-0.4, -0.2) is 19.3 Å². The zero-order valence-electron chi connectivity index (χ0n) is 13.3. The Morgan fingerprint density at radius 1 is 1.20 bits per heavy atom. The lowest BCUT2D eigenvalue weighted by atomic mass is 10.3. The Bertz CT molecular complexity index is 1060. The number of hydrogen-bond donors (Lipinski definition) is 2. The molecule has 130 valence electrons. The van der Waals surface area contributed by atoms with Crippen LogP contribution in [0.15, 0.2) is 50.2 Å². The van der Waals surface area contributed by atoms with Crippen LogP contribution in [0, 0.1) is 6.92 Å².